The Morgan fingerprint density at radius 3 is 2.30 bits per heavy atom. The van der Waals surface area contributed by atoms with Gasteiger partial charge < -0.3 is 9.94 Å². The van der Waals surface area contributed by atoms with Gasteiger partial charge in [0.2, 0.25) is 0 Å². The third kappa shape index (κ3) is 4.38. The zero-order valence-electron chi connectivity index (χ0n) is 18.2. The summed E-state index contributed by atoms with van der Waals surface area (Å²) in [6.45, 7) is 9.45. The van der Waals surface area contributed by atoms with E-state index in [1.54, 1.807) is 31.5 Å². The molecule has 30 heavy (non-hydrogen) atoms. The van der Waals surface area contributed by atoms with Crippen molar-refractivity contribution in [2.24, 2.45) is 5.10 Å². The highest BCUT2D eigenvalue weighted by Gasteiger charge is 2.31. The number of hydrazine groups is 1. The predicted octanol–water partition coefficient (Wildman–Crippen LogP) is 1.86. The molecule has 0 aromatic heterocycles. The summed E-state index contributed by atoms with van der Waals surface area (Å²) in [6, 6.07) is 10.6. The molecule has 0 unspecified atom stereocenters. The van der Waals surface area contributed by atoms with Crippen LogP contribution in [0.1, 0.15) is 58.2 Å². The van der Waals surface area contributed by atoms with Crippen molar-refractivity contribution < 1.29 is 14.6 Å². The fourth-order valence-corrected chi connectivity index (χ4v) is 3.40. The van der Waals surface area contributed by atoms with Crippen LogP contribution >= 0.6 is 0 Å². The summed E-state index contributed by atoms with van der Waals surface area (Å²) in [7, 11) is 0.809. The van der Waals surface area contributed by atoms with Gasteiger partial charge in [-0.25, -0.2) is 5.01 Å². The molecular weight excluding hydrogens is 379 g/mol. The van der Waals surface area contributed by atoms with Gasteiger partial charge in [-0.1, -0.05) is 23.3 Å². The molecule has 7 nitrogen and oxygen atoms in total. The lowest BCUT2D eigenvalue weighted by molar-refractivity contribution is 0.0358. The quantitative estimate of drug-likeness (QED) is 0.589. The highest BCUT2D eigenvalue weighted by Crippen LogP contribution is 2.18. The van der Waals surface area contributed by atoms with Gasteiger partial charge in [0, 0.05) is 18.2 Å². The Kier molecular flexibility index (Phi) is 5.72. The van der Waals surface area contributed by atoms with E-state index in [2.05, 4.69) is 10.5 Å². The number of aryl methyl sites for hydroxylation is 2. The maximum absolute atomic E-state index is 13.2. The first-order valence-electron chi connectivity index (χ1n) is 9.80. The average Bonchev–Trinajstić information content (AvgIpc) is 2.66. The van der Waals surface area contributed by atoms with Gasteiger partial charge in [0.15, 0.2) is 0 Å². The third-order valence-corrected chi connectivity index (χ3v) is 4.92. The molecule has 156 valence electrons. The smallest absolute Gasteiger partial charge is 0.428 e. The van der Waals surface area contributed by atoms with E-state index in [-0.39, 0.29) is 5.91 Å². The van der Waals surface area contributed by atoms with Gasteiger partial charge in [-0.15, -0.1) is 0 Å². The lowest BCUT2D eigenvalue weighted by Gasteiger charge is -2.35. The van der Waals surface area contributed by atoms with E-state index in [0.29, 0.717) is 22.2 Å². The van der Waals surface area contributed by atoms with Gasteiger partial charge in [0.1, 0.15) is 0 Å². The van der Waals surface area contributed by atoms with Crippen molar-refractivity contribution in [1.82, 2.24) is 15.4 Å². The van der Waals surface area contributed by atoms with Gasteiger partial charge in [0.05, 0.1) is 11.8 Å². The maximum atomic E-state index is 13.2. The van der Waals surface area contributed by atoms with Crippen molar-refractivity contribution >= 4 is 30.5 Å². The number of rotatable bonds is 2. The number of benzene rings is 2. The van der Waals surface area contributed by atoms with Crippen molar-refractivity contribution in [3.63, 3.8) is 0 Å². The number of hydrogen-bond donors (Lipinski definition) is 2. The summed E-state index contributed by atoms with van der Waals surface area (Å²) in [5.74, 6) is -0.688. The van der Waals surface area contributed by atoms with E-state index in [0.717, 1.165) is 11.1 Å². The van der Waals surface area contributed by atoms with Gasteiger partial charge >= 0.3 is 7.05 Å². The lowest BCUT2D eigenvalue weighted by Crippen LogP contribution is -2.56. The number of carbonyl (C=O) groups is 2. The zero-order valence-corrected chi connectivity index (χ0v) is 18.2. The van der Waals surface area contributed by atoms with E-state index < -0.39 is 18.5 Å². The molecule has 2 aromatic rings. The number of hydrazone groups is 1. The second kappa shape index (κ2) is 7.95. The highest BCUT2D eigenvalue weighted by atomic mass is 16.2. The predicted molar refractivity (Wildman–Crippen MR) is 119 cm³/mol. The van der Waals surface area contributed by atoms with E-state index in [1.807, 2.05) is 52.8 Å². The normalized spacial score (nSPS) is 13.2. The highest BCUT2D eigenvalue weighted by molar-refractivity contribution is 6.65. The minimum Gasteiger partial charge on any atom is -0.428 e. The first kappa shape index (κ1) is 21.6. The molecule has 1 heterocycles. The minimum atomic E-state index is -0.862. The monoisotopic (exact) mass is 406 g/mol. The van der Waals surface area contributed by atoms with E-state index in [9.17, 15) is 14.6 Å². The Balaban J connectivity index is 1.89. The molecule has 0 saturated heterocycles. The number of hydrogen-bond acceptors (Lipinski definition) is 5. The summed E-state index contributed by atoms with van der Waals surface area (Å²) in [5, 5.41) is 15.7. The largest absolute Gasteiger partial charge is 0.466 e. The summed E-state index contributed by atoms with van der Waals surface area (Å²) >= 11 is 0. The van der Waals surface area contributed by atoms with Gasteiger partial charge in [-0.2, -0.15) is 5.10 Å². The van der Waals surface area contributed by atoms with Crippen LogP contribution in [0.5, 0.6) is 0 Å². The third-order valence-electron chi connectivity index (χ3n) is 4.92. The van der Waals surface area contributed by atoms with E-state index in [1.165, 1.54) is 9.93 Å². The average molecular weight is 406 g/mol. The molecule has 2 aromatic carbocycles. The second-order valence-electron chi connectivity index (χ2n) is 8.66. The Labute approximate surface area is 177 Å². The van der Waals surface area contributed by atoms with Crippen LogP contribution in [0.2, 0.25) is 0 Å². The van der Waals surface area contributed by atoms with Crippen LogP contribution in [0.25, 0.3) is 0 Å². The van der Waals surface area contributed by atoms with Crippen molar-refractivity contribution in [1.29, 1.82) is 0 Å². The number of amides is 2. The van der Waals surface area contributed by atoms with Crippen LogP contribution in [0.3, 0.4) is 0 Å². The lowest BCUT2D eigenvalue weighted by atomic mass is 9.70. The molecule has 0 atom stereocenters. The number of nitrogens with zero attached hydrogens (tertiary/aromatic N) is 3. The van der Waals surface area contributed by atoms with Crippen LogP contribution < -0.4 is 10.9 Å². The molecule has 2 amide bonds. The molecule has 0 radical (unpaired) electrons. The second-order valence-corrected chi connectivity index (χ2v) is 8.66. The van der Waals surface area contributed by atoms with Gasteiger partial charge in [-0.3, -0.25) is 15.0 Å². The van der Waals surface area contributed by atoms with Crippen LogP contribution in [-0.2, 0) is 0 Å². The van der Waals surface area contributed by atoms with Crippen LogP contribution in [-0.4, -0.2) is 52.6 Å². The molecule has 0 fully saturated rings. The summed E-state index contributed by atoms with van der Waals surface area (Å²) in [6.07, 6.45) is 1.60. The van der Waals surface area contributed by atoms with E-state index in [4.69, 9.17) is 0 Å². The summed E-state index contributed by atoms with van der Waals surface area (Å²) in [4.78, 5) is 27.6. The van der Waals surface area contributed by atoms with Crippen molar-refractivity contribution in [2.45, 2.75) is 40.2 Å². The molecule has 0 saturated carbocycles. The summed E-state index contributed by atoms with van der Waals surface area (Å²) in [5.41, 5.74) is 6.32. The van der Waals surface area contributed by atoms with Crippen molar-refractivity contribution in [2.75, 3.05) is 7.05 Å². The van der Waals surface area contributed by atoms with Crippen molar-refractivity contribution in [3.8, 4) is 0 Å². The SMILES string of the molecule is Cc1cc(C)cc(C(=O)N(NC(=O)c2ccc3c(c2)C=NN(C)B3O)C(C)(C)C)c1. The standard InChI is InChI=1S/C22H27BN4O3/c1-14-9-15(2)11-17(10-14)21(29)27(22(3,4)5)25-20(28)16-7-8-19-18(12-16)13-24-26(6)23(19)30/h7-13,30H,1-6H3,(H,25,28). The molecule has 0 aliphatic carbocycles. The first-order chi connectivity index (χ1) is 14.0. The molecule has 2 N–H and O–H groups in total. The Morgan fingerprint density at radius 1 is 1.07 bits per heavy atom. The van der Waals surface area contributed by atoms with Crippen LogP contribution in [0.4, 0.5) is 0 Å². The molecule has 1 aliphatic heterocycles. The van der Waals surface area contributed by atoms with E-state index >= 15 is 0 Å². The van der Waals surface area contributed by atoms with Crippen molar-refractivity contribution in [3.05, 3.63) is 64.2 Å². The molecule has 0 bridgehead atoms. The Morgan fingerprint density at radius 2 is 1.70 bits per heavy atom. The summed E-state index contributed by atoms with van der Waals surface area (Å²) < 4.78 is 0. The minimum absolute atomic E-state index is 0.279. The number of carbonyl (C=O) groups excluding carboxylic acids is 2. The molecule has 0 spiro atoms. The van der Waals surface area contributed by atoms with Crippen LogP contribution in [0.15, 0.2) is 41.5 Å². The maximum Gasteiger partial charge on any atom is 0.466 e. The number of fused-ring (bicyclic) bond motifs is 1. The van der Waals surface area contributed by atoms with Gasteiger partial charge in [0.25, 0.3) is 11.8 Å². The fraction of sp³-hybridized carbons (Fsp3) is 0.318. The fourth-order valence-electron chi connectivity index (χ4n) is 3.40. The molecule has 8 heteroatoms. The zero-order chi connectivity index (χ0) is 22.2. The number of nitrogens with one attached hydrogen (secondary N) is 1. The first-order valence-corrected chi connectivity index (χ1v) is 9.80. The molecular formula is C22H27BN4O3. The van der Waals surface area contributed by atoms with Gasteiger partial charge in [-0.05, 0) is 69.9 Å². The Hall–Kier alpha value is -3.13. The molecule has 3 rings (SSSR count). The molecule has 1 aliphatic rings. The Bertz CT molecular complexity index is 1010. The van der Waals surface area contributed by atoms with Crippen LogP contribution in [0, 0.1) is 13.8 Å². The topological polar surface area (TPSA) is 85.2 Å².